The molecule has 2 aliphatic rings. The van der Waals surface area contributed by atoms with Crippen LogP contribution in [-0.4, -0.2) is 65.1 Å². The molecule has 152 valence electrons. The molecular weight excluding hydrogens is 390 g/mol. The van der Waals surface area contributed by atoms with Gasteiger partial charge < -0.3 is 9.80 Å². The van der Waals surface area contributed by atoms with Gasteiger partial charge in [-0.15, -0.1) is 5.10 Å². The quantitative estimate of drug-likeness (QED) is 0.612. The van der Waals surface area contributed by atoms with Gasteiger partial charge in [0.25, 0.3) is 0 Å². The summed E-state index contributed by atoms with van der Waals surface area (Å²) >= 11 is 0. The number of piperazine rings is 1. The smallest absolute Gasteiger partial charge is 0.157 e. The first-order valence-corrected chi connectivity index (χ1v) is 11.6. The summed E-state index contributed by atoms with van der Waals surface area (Å²) in [6, 6.07) is 5.96. The van der Waals surface area contributed by atoms with E-state index in [-0.39, 0.29) is 11.5 Å². The largest absolute Gasteiger partial charge is 0.353 e. The maximum Gasteiger partial charge on any atom is 0.157 e. The van der Waals surface area contributed by atoms with Crippen LogP contribution in [0.15, 0.2) is 18.2 Å². The zero-order chi connectivity index (χ0) is 20.2. The van der Waals surface area contributed by atoms with Crippen molar-refractivity contribution in [1.82, 2.24) is 24.8 Å². The molecule has 5 heterocycles. The number of fused-ring (bicyclic) bond motifs is 2. The van der Waals surface area contributed by atoms with Crippen LogP contribution in [0.2, 0.25) is 0 Å². The summed E-state index contributed by atoms with van der Waals surface area (Å²) in [5, 5.41) is 13.3. The fraction of sp³-hybridized carbons (Fsp3) is 0.474. The molecule has 0 spiro atoms. The van der Waals surface area contributed by atoms with Crippen molar-refractivity contribution in [2.24, 2.45) is 0 Å². The van der Waals surface area contributed by atoms with Crippen molar-refractivity contribution < 1.29 is 8.42 Å². The normalized spacial score (nSPS) is 18.8. The monoisotopic (exact) mass is 413 g/mol. The maximum atomic E-state index is 12.0. The van der Waals surface area contributed by atoms with E-state index in [1.165, 1.54) is 0 Å². The van der Waals surface area contributed by atoms with Crippen LogP contribution >= 0.6 is 0 Å². The molecule has 2 aliphatic heterocycles. The summed E-state index contributed by atoms with van der Waals surface area (Å²) in [5.41, 5.74) is 4.38. The van der Waals surface area contributed by atoms with E-state index in [4.69, 9.17) is 0 Å². The predicted octanol–water partition coefficient (Wildman–Crippen LogP) is 0.934. The highest BCUT2D eigenvalue weighted by Crippen LogP contribution is 2.24. The summed E-state index contributed by atoms with van der Waals surface area (Å²) in [6.07, 6.45) is 0.458. The summed E-state index contributed by atoms with van der Waals surface area (Å²) in [6.45, 7) is 7.16. The lowest BCUT2D eigenvalue weighted by molar-refractivity contribution is 0.589. The molecule has 0 atom stereocenters. The van der Waals surface area contributed by atoms with Gasteiger partial charge in [-0.25, -0.2) is 13.4 Å². The Hall–Kier alpha value is -2.75. The van der Waals surface area contributed by atoms with E-state index >= 15 is 0 Å². The fourth-order valence-corrected chi connectivity index (χ4v) is 5.45. The first-order chi connectivity index (χ1) is 13.9. The van der Waals surface area contributed by atoms with Gasteiger partial charge in [-0.2, -0.15) is 14.7 Å². The average Bonchev–Trinajstić information content (AvgIpc) is 3.06. The van der Waals surface area contributed by atoms with Crippen LogP contribution in [-0.2, 0) is 22.0 Å². The predicted molar refractivity (Wildman–Crippen MR) is 110 cm³/mol. The molecule has 0 unspecified atom stereocenters. The number of anilines is 2. The molecular formula is C19H23N7O2S. The zero-order valence-corrected chi connectivity index (χ0v) is 17.4. The van der Waals surface area contributed by atoms with Crippen molar-refractivity contribution in [2.45, 2.75) is 26.0 Å². The molecule has 0 amide bonds. The van der Waals surface area contributed by atoms with Crippen LogP contribution in [0.25, 0.3) is 5.65 Å². The van der Waals surface area contributed by atoms with Gasteiger partial charge in [0.1, 0.15) is 5.82 Å². The second-order valence-electron chi connectivity index (χ2n) is 7.80. The van der Waals surface area contributed by atoms with Crippen LogP contribution < -0.4 is 9.80 Å². The minimum Gasteiger partial charge on any atom is -0.353 e. The van der Waals surface area contributed by atoms with Crippen molar-refractivity contribution in [3.63, 3.8) is 0 Å². The Morgan fingerprint density at radius 3 is 2.48 bits per heavy atom. The zero-order valence-electron chi connectivity index (χ0n) is 16.5. The first kappa shape index (κ1) is 18.3. The van der Waals surface area contributed by atoms with Gasteiger partial charge in [0.05, 0.1) is 22.9 Å². The topological polar surface area (TPSA) is 96.6 Å². The van der Waals surface area contributed by atoms with Crippen molar-refractivity contribution in [2.75, 3.05) is 41.7 Å². The highest BCUT2D eigenvalue weighted by atomic mass is 32.2. The number of aromatic nitrogens is 5. The average molecular weight is 414 g/mol. The van der Waals surface area contributed by atoms with Gasteiger partial charge in [-0.1, -0.05) is 0 Å². The van der Waals surface area contributed by atoms with Gasteiger partial charge in [0.2, 0.25) is 0 Å². The second kappa shape index (κ2) is 6.65. The molecule has 0 N–H and O–H groups in total. The van der Waals surface area contributed by atoms with Gasteiger partial charge in [-0.05, 0) is 25.5 Å². The maximum absolute atomic E-state index is 12.0. The van der Waals surface area contributed by atoms with E-state index in [2.05, 4.69) is 36.1 Å². The van der Waals surface area contributed by atoms with E-state index in [1.54, 1.807) is 0 Å². The van der Waals surface area contributed by atoms with Crippen molar-refractivity contribution in [3.05, 3.63) is 40.8 Å². The fourth-order valence-electron chi connectivity index (χ4n) is 4.08. The van der Waals surface area contributed by atoms with Crippen LogP contribution in [0, 0.1) is 13.8 Å². The number of sulfone groups is 1. The van der Waals surface area contributed by atoms with E-state index in [9.17, 15) is 8.42 Å². The van der Waals surface area contributed by atoms with Crippen LogP contribution in [0.4, 0.5) is 11.6 Å². The third-order valence-electron chi connectivity index (χ3n) is 5.56. The Morgan fingerprint density at radius 1 is 0.931 bits per heavy atom. The first-order valence-electron chi connectivity index (χ1n) is 9.78. The number of hydrogen-bond donors (Lipinski definition) is 0. The Bertz CT molecular complexity index is 1200. The highest BCUT2D eigenvalue weighted by Gasteiger charge is 2.26. The van der Waals surface area contributed by atoms with Gasteiger partial charge in [-0.3, -0.25) is 0 Å². The second-order valence-corrected chi connectivity index (χ2v) is 9.99. The molecule has 0 bridgehead atoms. The number of rotatable bonds is 2. The lowest BCUT2D eigenvalue weighted by Crippen LogP contribution is -2.47. The molecule has 1 saturated heterocycles. The standard InChI is InChI=1S/C19H23N7O2S/c1-13-10-19(26-17(20-13)9-14(2)23-26)25-6-4-24(5-7-25)18-11-15-12-29(27,28)8-3-16(15)21-22-18/h9-11H,3-8,12H2,1-2H3. The SMILES string of the molecule is Cc1cc(N2CCN(c3cc4c(nn3)CCS(=O)(=O)C4)CC2)n2nc(C)cc2n1. The third kappa shape index (κ3) is 3.41. The molecule has 3 aromatic rings. The summed E-state index contributed by atoms with van der Waals surface area (Å²) in [5.74, 6) is 2.03. The molecule has 0 aromatic carbocycles. The third-order valence-corrected chi connectivity index (χ3v) is 7.14. The molecule has 0 saturated carbocycles. The number of aryl methyl sites for hydroxylation is 3. The summed E-state index contributed by atoms with van der Waals surface area (Å²) in [4.78, 5) is 9.04. The van der Waals surface area contributed by atoms with Crippen molar-refractivity contribution in [3.8, 4) is 0 Å². The van der Waals surface area contributed by atoms with E-state index in [1.807, 2.05) is 30.5 Å². The molecule has 5 rings (SSSR count). The van der Waals surface area contributed by atoms with Crippen LogP contribution in [0.5, 0.6) is 0 Å². The Morgan fingerprint density at radius 2 is 1.69 bits per heavy atom. The van der Waals surface area contributed by atoms with E-state index < -0.39 is 9.84 Å². The lowest BCUT2D eigenvalue weighted by Gasteiger charge is -2.36. The number of nitrogens with zero attached hydrogens (tertiary/aromatic N) is 7. The minimum atomic E-state index is -3.02. The summed E-state index contributed by atoms with van der Waals surface area (Å²) in [7, 11) is -3.02. The van der Waals surface area contributed by atoms with E-state index in [0.29, 0.717) is 6.42 Å². The summed E-state index contributed by atoms with van der Waals surface area (Å²) < 4.78 is 25.8. The molecule has 0 radical (unpaired) electrons. The Balaban J connectivity index is 1.36. The van der Waals surface area contributed by atoms with Crippen molar-refractivity contribution >= 4 is 27.1 Å². The highest BCUT2D eigenvalue weighted by molar-refractivity contribution is 7.90. The molecule has 10 heteroatoms. The molecule has 29 heavy (non-hydrogen) atoms. The minimum absolute atomic E-state index is 0.0672. The number of hydrogen-bond acceptors (Lipinski definition) is 8. The van der Waals surface area contributed by atoms with Gasteiger partial charge >= 0.3 is 0 Å². The Labute approximate surface area is 169 Å². The molecule has 1 fully saturated rings. The van der Waals surface area contributed by atoms with Gasteiger partial charge in [0.15, 0.2) is 21.3 Å². The lowest BCUT2D eigenvalue weighted by atomic mass is 10.2. The van der Waals surface area contributed by atoms with E-state index in [0.717, 1.165) is 66.1 Å². The van der Waals surface area contributed by atoms with Crippen molar-refractivity contribution in [1.29, 1.82) is 0 Å². The van der Waals surface area contributed by atoms with Crippen LogP contribution in [0.1, 0.15) is 22.6 Å². The molecule has 3 aromatic heterocycles. The van der Waals surface area contributed by atoms with Gasteiger partial charge in [0, 0.05) is 50.4 Å². The molecule has 0 aliphatic carbocycles. The van der Waals surface area contributed by atoms with Crippen LogP contribution in [0.3, 0.4) is 0 Å². The Kier molecular flexibility index (Phi) is 4.19. The molecule has 9 nitrogen and oxygen atoms in total.